The molecule has 0 amide bonds. The Morgan fingerprint density at radius 2 is 1.33 bits per heavy atom. The summed E-state index contributed by atoms with van der Waals surface area (Å²) in [6.45, 7) is 2.12. The van der Waals surface area contributed by atoms with Gasteiger partial charge in [-0.15, -0.1) is 0 Å². The van der Waals surface area contributed by atoms with E-state index in [2.05, 4.69) is 73.7 Å². The molecule has 88 valence electrons. The summed E-state index contributed by atoms with van der Waals surface area (Å²) in [5, 5.41) is 2.63. The standard InChI is InChI=1S/C18H16/c1-14-6-8-15(9-7-14)12-16-10-11-17-4-2-3-5-18(17)13-16/h2-11,13H,12H2,1H3. The summed E-state index contributed by atoms with van der Waals surface area (Å²) in [6, 6.07) is 24.0. The summed E-state index contributed by atoms with van der Waals surface area (Å²) in [5.74, 6) is 0. The predicted molar refractivity (Wildman–Crippen MR) is 77.9 cm³/mol. The Morgan fingerprint density at radius 1 is 0.667 bits per heavy atom. The van der Waals surface area contributed by atoms with Crippen molar-refractivity contribution >= 4 is 10.8 Å². The number of fused-ring (bicyclic) bond motifs is 1. The van der Waals surface area contributed by atoms with Crippen LogP contribution in [0.15, 0.2) is 66.7 Å². The van der Waals surface area contributed by atoms with Crippen LogP contribution in [0.1, 0.15) is 16.7 Å². The van der Waals surface area contributed by atoms with Gasteiger partial charge in [-0.05, 0) is 35.2 Å². The third-order valence-electron chi connectivity index (χ3n) is 3.34. The minimum atomic E-state index is 1.01. The molecular weight excluding hydrogens is 216 g/mol. The van der Waals surface area contributed by atoms with Crippen LogP contribution in [0.2, 0.25) is 0 Å². The molecule has 0 unspecified atom stereocenters. The first-order valence-corrected chi connectivity index (χ1v) is 6.34. The van der Waals surface area contributed by atoms with Gasteiger partial charge in [0.15, 0.2) is 0 Å². The molecule has 3 rings (SSSR count). The van der Waals surface area contributed by atoms with E-state index in [-0.39, 0.29) is 0 Å². The maximum atomic E-state index is 2.29. The highest BCUT2D eigenvalue weighted by Gasteiger charge is 1.98. The molecule has 0 saturated carbocycles. The molecule has 3 aromatic rings. The van der Waals surface area contributed by atoms with Crippen LogP contribution in [0.25, 0.3) is 10.8 Å². The van der Waals surface area contributed by atoms with E-state index in [1.807, 2.05) is 0 Å². The van der Waals surface area contributed by atoms with E-state index in [1.54, 1.807) is 0 Å². The number of benzene rings is 3. The van der Waals surface area contributed by atoms with E-state index in [1.165, 1.54) is 27.5 Å². The van der Waals surface area contributed by atoms with Crippen molar-refractivity contribution in [2.24, 2.45) is 0 Å². The lowest BCUT2D eigenvalue weighted by molar-refractivity contribution is 1.19. The van der Waals surface area contributed by atoms with Gasteiger partial charge in [0.1, 0.15) is 0 Å². The van der Waals surface area contributed by atoms with Gasteiger partial charge >= 0.3 is 0 Å². The third-order valence-corrected chi connectivity index (χ3v) is 3.34. The second kappa shape index (κ2) is 4.66. The van der Waals surface area contributed by atoms with Gasteiger partial charge in [0.25, 0.3) is 0 Å². The summed E-state index contributed by atoms with van der Waals surface area (Å²) in [5.41, 5.74) is 4.06. The molecule has 0 bridgehead atoms. The van der Waals surface area contributed by atoms with Crippen molar-refractivity contribution in [2.45, 2.75) is 13.3 Å². The summed E-state index contributed by atoms with van der Waals surface area (Å²) >= 11 is 0. The van der Waals surface area contributed by atoms with Crippen LogP contribution >= 0.6 is 0 Å². The zero-order valence-electron chi connectivity index (χ0n) is 10.6. The molecule has 0 aliphatic rings. The molecule has 0 nitrogen and oxygen atoms in total. The zero-order chi connectivity index (χ0) is 12.4. The van der Waals surface area contributed by atoms with E-state index in [4.69, 9.17) is 0 Å². The zero-order valence-corrected chi connectivity index (χ0v) is 10.6. The molecule has 0 atom stereocenters. The van der Waals surface area contributed by atoms with Crippen molar-refractivity contribution in [3.8, 4) is 0 Å². The lowest BCUT2D eigenvalue weighted by Crippen LogP contribution is -1.88. The summed E-state index contributed by atoms with van der Waals surface area (Å²) in [6.07, 6.45) is 1.01. The number of hydrogen-bond acceptors (Lipinski definition) is 0. The number of hydrogen-bond donors (Lipinski definition) is 0. The summed E-state index contributed by atoms with van der Waals surface area (Å²) in [4.78, 5) is 0. The van der Waals surface area contributed by atoms with Crippen LogP contribution < -0.4 is 0 Å². The van der Waals surface area contributed by atoms with Crippen LogP contribution in [0.4, 0.5) is 0 Å². The maximum Gasteiger partial charge on any atom is -0.00255 e. The van der Waals surface area contributed by atoms with Crippen LogP contribution in [0.3, 0.4) is 0 Å². The lowest BCUT2D eigenvalue weighted by Gasteiger charge is -2.04. The van der Waals surface area contributed by atoms with Crippen molar-refractivity contribution in [1.82, 2.24) is 0 Å². The van der Waals surface area contributed by atoms with Gasteiger partial charge in [-0.2, -0.15) is 0 Å². The summed E-state index contributed by atoms with van der Waals surface area (Å²) in [7, 11) is 0. The van der Waals surface area contributed by atoms with Crippen molar-refractivity contribution < 1.29 is 0 Å². The normalized spacial score (nSPS) is 10.7. The first-order chi connectivity index (χ1) is 8.81. The van der Waals surface area contributed by atoms with Crippen molar-refractivity contribution in [2.75, 3.05) is 0 Å². The number of rotatable bonds is 2. The monoisotopic (exact) mass is 232 g/mol. The van der Waals surface area contributed by atoms with Crippen LogP contribution in [0.5, 0.6) is 0 Å². The van der Waals surface area contributed by atoms with Crippen LogP contribution in [0, 0.1) is 6.92 Å². The molecule has 0 spiro atoms. The maximum absolute atomic E-state index is 2.29. The van der Waals surface area contributed by atoms with Gasteiger partial charge in [-0.25, -0.2) is 0 Å². The molecule has 0 heteroatoms. The van der Waals surface area contributed by atoms with Crippen molar-refractivity contribution in [3.63, 3.8) is 0 Å². The molecule has 18 heavy (non-hydrogen) atoms. The molecule has 0 radical (unpaired) electrons. The fraction of sp³-hybridized carbons (Fsp3) is 0.111. The fourth-order valence-corrected chi connectivity index (χ4v) is 2.29. The van der Waals surface area contributed by atoms with E-state index in [0.717, 1.165) is 6.42 Å². The van der Waals surface area contributed by atoms with E-state index in [9.17, 15) is 0 Å². The topological polar surface area (TPSA) is 0 Å². The highest BCUT2D eigenvalue weighted by Crippen LogP contribution is 2.18. The van der Waals surface area contributed by atoms with E-state index >= 15 is 0 Å². The highest BCUT2D eigenvalue weighted by atomic mass is 14.0. The van der Waals surface area contributed by atoms with Gasteiger partial charge in [-0.3, -0.25) is 0 Å². The van der Waals surface area contributed by atoms with Gasteiger partial charge in [-0.1, -0.05) is 72.3 Å². The van der Waals surface area contributed by atoms with Gasteiger partial charge in [0, 0.05) is 0 Å². The lowest BCUT2D eigenvalue weighted by atomic mass is 10.0. The Morgan fingerprint density at radius 3 is 2.11 bits per heavy atom. The molecular formula is C18H16. The Labute approximate surface area is 108 Å². The quantitative estimate of drug-likeness (QED) is 0.598. The second-order valence-electron chi connectivity index (χ2n) is 4.84. The highest BCUT2D eigenvalue weighted by molar-refractivity contribution is 5.83. The molecule has 3 aromatic carbocycles. The first-order valence-electron chi connectivity index (χ1n) is 6.34. The Hall–Kier alpha value is -2.08. The molecule has 0 aliphatic carbocycles. The summed E-state index contributed by atoms with van der Waals surface area (Å²) < 4.78 is 0. The van der Waals surface area contributed by atoms with E-state index in [0.29, 0.717) is 0 Å². The molecule has 0 fully saturated rings. The molecule has 0 saturated heterocycles. The van der Waals surface area contributed by atoms with Gasteiger partial charge in [0.05, 0.1) is 0 Å². The Bertz CT molecular complexity index is 663. The average molecular weight is 232 g/mol. The fourth-order valence-electron chi connectivity index (χ4n) is 2.29. The molecule has 0 N–H and O–H groups in total. The van der Waals surface area contributed by atoms with Crippen molar-refractivity contribution in [3.05, 3.63) is 83.4 Å². The average Bonchev–Trinajstić information content (AvgIpc) is 2.41. The van der Waals surface area contributed by atoms with E-state index < -0.39 is 0 Å². The minimum Gasteiger partial charge on any atom is -0.0616 e. The minimum absolute atomic E-state index is 1.01. The molecule has 0 heterocycles. The molecule has 0 aromatic heterocycles. The largest absolute Gasteiger partial charge is 0.0616 e. The Balaban J connectivity index is 1.92. The number of aryl methyl sites for hydroxylation is 1. The second-order valence-corrected chi connectivity index (χ2v) is 4.84. The van der Waals surface area contributed by atoms with Crippen LogP contribution in [-0.4, -0.2) is 0 Å². The van der Waals surface area contributed by atoms with Crippen molar-refractivity contribution in [1.29, 1.82) is 0 Å². The molecule has 0 aliphatic heterocycles. The Kier molecular flexibility index (Phi) is 2.85. The predicted octanol–water partition coefficient (Wildman–Crippen LogP) is 4.74. The first kappa shape index (κ1) is 11.0. The van der Waals surface area contributed by atoms with Crippen LogP contribution in [-0.2, 0) is 6.42 Å². The third kappa shape index (κ3) is 2.28. The van der Waals surface area contributed by atoms with Gasteiger partial charge in [0.2, 0.25) is 0 Å². The smallest absolute Gasteiger partial charge is 0.00255 e. The SMILES string of the molecule is Cc1ccc(Cc2ccc3ccccc3c2)cc1. The van der Waals surface area contributed by atoms with Gasteiger partial charge < -0.3 is 0 Å².